The van der Waals surface area contributed by atoms with Crippen molar-refractivity contribution in [3.8, 4) is 12.3 Å². The van der Waals surface area contributed by atoms with Crippen molar-refractivity contribution < 1.29 is 14.7 Å². The maximum atomic E-state index is 11.4. The first-order chi connectivity index (χ1) is 8.06. The highest BCUT2D eigenvalue weighted by Crippen LogP contribution is 2.26. The van der Waals surface area contributed by atoms with Gasteiger partial charge in [-0.3, -0.25) is 4.79 Å². The molecule has 2 N–H and O–H groups in total. The number of carboxylic acid groups (broad SMARTS) is 1. The van der Waals surface area contributed by atoms with E-state index in [1.54, 1.807) is 0 Å². The molecule has 0 atom stereocenters. The summed E-state index contributed by atoms with van der Waals surface area (Å²) in [6.45, 7) is 0. The lowest BCUT2D eigenvalue weighted by Gasteiger charge is -2.09. The molecule has 1 rings (SSSR count). The lowest BCUT2D eigenvalue weighted by molar-refractivity contribution is -0.116. The Hall–Kier alpha value is -1.99. The molecule has 0 aliphatic heterocycles. The number of benzene rings is 1. The predicted octanol–water partition coefficient (Wildman–Crippen LogP) is 2.39. The third-order valence-electron chi connectivity index (χ3n) is 2.00. The number of aromatic carboxylic acids is 1. The fourth-order valence-electron chi connectivity index (χ4n) is 1.22. The molecule has 4 nitrogen and oxygen atoms in total. The van der Waals surface area contributed by atoms with Crippen molar-refractivity contribution in [1.29, 1.82) is 0 Å². The zero-order chi connectivity index (χ0) is 12.8. The zero-order valence-electron chi connectivity index (χ0n) is 8.87. The highest BCUT2D eigenvalue weighted by atomic mass is 35.5. The molecular formula is C12H10ClNO3. The molecule has 0 saturated carbocycles. The van der Waals surface area contributed by atoms with E-state index < -0.39 is 5.97 Å². The lowest BCUT2D eigenvalue weighted by Crippen LogP contribution is -2.14. The molecular weight excluding hydrogens is 242 g/mol. The number of para-hydroxylation sites is 1. The van der Waals surface area contributed by atoms with Gasteiger partial charge in [-0.1, -0.05) is 17.7 Å². The van der Waals surface area contributed by atoms with Crippen molar-refractivity contribution >= 4 is 29.2 Å². The van der Waals surface area contributed by atoms with Crippen molar-refractivity contribution in [1.82, 2.24) is 0 Å². The largest absolute Gasteiger partial charge is 0.478 e. The van der Waals surface area contributed by atoms with Crippen molar-refractivity contribution in [2.75, 3.05) is 5.32 Å². The summed E-state index contributed by atoms with van der Waals surface area (Å²) in [6.07, 6.45) is 5.44. The number of carboxylic acids is 1. The van der Waals surface area contributed by atoms with Crippen LogP contribution >= 0.6 is 11.6 Å². The molecule has 5 heteroatoms. The minimum atomic E-state index is -1.15. The molecule has 1 aromatic carbocycles. The van der Waals surface area contributed by atoms with Crippen LogP contribution in [0.15, 0.2) is 18.2 Å². The van der Waals surface area contributed by atoms with E-state index >= 15 is 0 Å². The van der Waals surface area contributed by atoms with Crippen molar-refractivity contribution in [2.45, 2.75) is 12.8 Å². The van der Waals surface area contributed by atoms with E-state index in [-0.39, 0.29) is 28.6 Å². The summed E-state index contributed by atoms with van der Waals surface area (Å²) in [5, 5.41) is 11.6. The molecule has 0 fully saturated rings. The van der Waals surface area contributed by atoms with Gasteiger partial charge in [0.2, 0.25) is 5.91 Å². The SMILES string of the molecule is C#CCCC(=O)Nc1c(Cl)cccc1C(=O)O. The van der Waals surface area contributed by atoms with Gasteiger partial charge in [-0.05, 0) is 12.1 Å². The minimum absolute atomic E-state index is 0.0495. The van der Waals surface area contributed by atoms with Crippen LogP contribution < -0.4 is 5.32 Å². The van der Waals surface area contributed by atoms with Gasteiger partial charge < -0.3 is 10.4 Å². The number of hydrogen-bond acceptors (Lipinski definition) is 2. The van der Waals surface area contributed by atoms with Crippen LogP contribution in [-0.4, -0.2) is 17.0 Å². The van der Waals surface area contributed by atoms with E-state index in [1.807, 2.05) is 0 Å². The minimum Gasteiger partial charge on any atom is -0.478 e. The van der Waals surface area contributed by atoms with E-state index in [9.17, 15) is 9.59 Å². The van der Waals surface area contributed by atoms with Gasteiger partial charge in [0.25, 0.3) is 0 Å². The average molecular weight is 252 g/mol. The summed E-state index contributed by atoms with van der Waals surface area (Å²) in [5.74, 6) is 0.811. The first-order valence-corrected chi connectivity index (χ1v) is 5.19. The quantitative estimate of drug-likeness (QED) is 0.808. The highest BCUT2D eigenvalue weighted by molar-refractivity contribution is 6.34. The Labute approximate surface area is 104 Å². The smallest absolute Gasteiger partial charge is 0.337 e. The van der Waals surface area contributed by atoms with Crippen LogP contribution in [0.4, 0.5) is 5.69 Å². The van der Waals surface area contributed by atoms with E-state index in [0.29, 0.717) is 6.42 Å². The van der Waals surface area contributed by atoms with Crippen LogP contribution in [0.5, 0.6) is 0 Å². The molecule has 0 aliphatic carbocycles. The Morgan fingerprint density at radius 1 is 1.47 bits per heavy atom. The van der Waals surface area contributed by atoms with Gasteiger partial charge in [-0.2, -0.15) is 0 Å². The molecule has 0 radical (unpaired) electrons. The van der Waals surface area contributed by atoms with Gasteiger partial charge >= 0.3 is 5.97 Å². The Bertz CT molecular complexity index is 491. The van der Waals surface area contributed by atoms with Crippen LogP contribution in [0, 0.1) is 12.3 Å². The van der Waals surface area contributed by atoms with E-state index in [1.165, 1.54) is 18.2 Å². The summed E-state index contributed by atoms with van der Waals surface area (Å²) < 4.78 is 0. The number of terminal acetylenes is 1. The number of anilines is 1. The van der Waals surface area contributed by atoms with E-state index in [2.05, 4.69) is 11.2 Å². The van der Waals surface area contributed by atoms with Gasteiger partial charge in [0.05, 0.1) is 16.3 Å². The summed E-state index contributed by atoms with van der Waals surface area (Å²) in [6, 6.07) is 4.37. The Balaban J connectivity index is 2.94. The molecule has 0 saturated heterocycles. The van der Waals surface area contributed by atoms with Crippen LogP contribution in [0.3, 0.4) is 0 Å². The molecule has 0 heterocycles. The molecule has 1 amide bonds. The number of hydrogen-bond donors (Lipinski definition) is 2. The second-order valence-electron chi connectivity index (χ2n) is 3.22. The molecule has 88 valence electrons. The fraction of sp³-hybridized carbons (Fsp3) is 0.167. The monoisotopic (exact) mass is 251 g/mol. The molecule has 0 spiro atoms. The standard InChI is InChI=1S/C12H10ClNO3/c1-2-3-7-10(15)14-11-8(12(16)17)5-4-6-9(11)13/h1,4-6H,3,7H2,(H,14,15)(H,16,17). The molecule has 0 bridgehead atoms. The summed E-state index contributed by atoms with van der Waals surface area (Å²) in [5.41, 5.74) is 0.0512. The molecule has 0 aromatic heterocycles. The zero-order valence-corrected chi connectivity index (χ0v) is 9.62. The topological polar surface area (TPSA) is 66.4 Å². The van der Waals surface area contributed by atoms with Crippen molar-refractivity contribution in [3.05, 3.63) is 28.8 Å². The van der Waals surface area contributed by atoms with Crippen LogP contribution in [0.25, 0.3) is 0 Å². The highest BCUT2D eigenvalue weighted by Gasteiger charge is 2.14. The number of carbonyl (C=O) groups excluding carboxylic acids is 1. The van der Waals surface area contributed by atoms with Gasteiger partial charge in [-0.25, -0.2) is 4.79 Å². The predicted molar refractivity (Wildman–Crippen MR) is 65.1 cm³/mol. The van der Waals surface area contributed by atoms with Gasteiger partial charge in [0.1, 0.15) is 0 Å². The molecule has 1 aromatic rings. The summed E-state index contributed by atoms with van der Waals surface area (Å²) >= 11 is 5.83. The summed E-state index contributed by atoms with van der Waals surface area (Å²) in [4.78, 5) is 22.4. The van der Waals surface area contributed by atoms with Crippen molar-refractivity contribution in [2.24, 2.45) is 0 Å². The Morgan fingerprint density at radius 3 is 2.76 bits per heavy atom. The summed E-state index contributed by atoms with van der Waals surface area (Å²) in [7, 11) is 0. The number of carbonyl (C=O) groups is 2. The average Bonchev–Trinajstić information content (AvgIpc) is 2.28. The first kappa shape index (κ1) is 13.1. The van der Waals surface area contributed by atoms with Gasteiger partial charge in [0.15, 0.2) is 0 Å². The second-order valence-corrected chi connectivity index (χ2v) is 3.63. The maximum Gasteiger partial charge on any atom is 0.337 e. The lowest BCUT2D eigenvalue weighted by atomic mass is 10.1. The van der Waals surface area contributed by atoms with Crippen LogP contribution in [0.1, 0.15) is 23.2 Å². The van der Waals surface area contributed by atoms with E-state index in [4.69, 9.17) is 23.1 Å². The normalized spacial score (nSPS) is 9.41. The van der Waals surface area contributed by atoms with E-state index in [0.717, 1.165) is 0 Å². The number of amides is 1. The number of halogens is 1. The maximum absolute atomic E-state index is 11.4. The van der Waals surface area contributed by atoms with Crippen molar-refractivity contribution in [3.63, 3.8) is 0 Å². The Kier molecular flexibility index (Phi) is 4.56. The number of nitrogens with one attached hydrogen (secondary N) is 1. The first-order valence-electron chi connectivity index (χ1n) is 4.81. The third-order valence-corrected chi connectivity index (χ3v) is 2.32. The Morgan fingerprint density at radius 2 is 2.18 bits per heavy atom. The second kappa shape index (κ2) is 5.92. The fourth-order valence-corrected chi connectivity index (χ4v) is 1.44. The van der Waals surface area contributed by atoms with Crippen LogP contribution in [0.2, 0.25) is 5.02 Å². The van der Waals surface area contributed by atoms with Gasteiger partial charge in [0, 0.05) is 12.8 Å². The van der Waals surface area contributed by atoms with Crippen LogP contribution in [-0.2, 0) is 4.79 Å². The molecule has 17 heavy (non-hydrogen) atoms. The molecule has 0 aliphatic rings. The third kappa shape index (κ3) is 3.51. The van der Waals surface area contributed by atoms with Gasteiger partial charge in [-0.15, -0.1) is 12.3 Å². The molecule has 0 unspecified atom stereocenters. The number of rotatable bonds is 4.